The van der Waals surface area contributed by atoms with E-state index in [0.29, 0.717) is 5.82 Å². The number of halogens is 1. The van der Waals surface area contributed by atoms with Gasteiger partial charge < -0.3 is 15.5 Å². The molecule has 1 fully saturated rings. The van der Waals surface area contributed by atoms with Crippen molar-refractivity contribution in [2.24, 2.45) is 0 Å². The summed E-state index contributed by atoms with van der Waals surface area (Å²) in [5.41, 5.74) is 6.91. The maximum absolute atomic E-state index is 5.87. The highest BCUT2D eigenvalue weighted by molar-refractivity contribution is 9.10. The molecule has 2 N–H and O–H groups in total. The Hall–Kier alpha value is -0.810. The summed E-state index contributed by atoms with van der Waals surface area (Å²) in [6.45, 7) is 4.18. The van der Waals surface area contributed by atoms with Crippen LogP contribution in [0.1, 0.15) is 0 Å². The second-order valence-electron chi connectivity index (χ2n) is 3.85. The molecule has 1 saturated heterocycles. The van der Waals surface area contributed by atoms with Crippen LogP contribution in [0.5, 0.6) is 0 Å². The predicted molar refractivity (Wildman–Crippen MR) is 66.1 cm³/mol. The number of nitrogens with zero attached hydrogens (tertiary/aromatic N) is 3. The summed E-state index contributed by atoms with van der Waals surface area (Å²) < 4.78 is 0.977. The zero-order valence-corrected chi connectivity index (χ0v) is 10.4. The summed E-state index contributed by atoms with van der Waals surface area (Å²) in [6, 6.07) is 2.04. The highest BCUT2D eigenvalue weighted by Crippen LogP contribution is 2.25. The number of anilines is 2. The van der Waals surface area contributed by atoms with Crippen LogP contribution in [-0.2, 0) is 0 Å². The second-order valence-corrected chi connectivity index (χ2v) is 4.76. The first kappa shape index (κ1) is 10.7. The molecule has 0 radical (unpaired) electrons. The van der Waals surface area contributed by atoms with E-state index in [1.807, 2.05) is 6.07 Å². The summed E-state index contributed by atoms with van der Waals surface area (Å²) in [5.74, 6) is 0.614. The van der Waals surface area contributed by atoms with Crippen LogP contribution in [0.4, 0.5) is 11.5 Å². The van der Waals surface area contributed by atoms with E-state index in [9.17, 15) is 0 Å². The Morgan fingerprint density at radius 2 is 2.00 bits per heavy atom. The lowest BCUT2D eigenvalue weighted by atomic mass is 10.2. The van der Waals surface area contributed by atoms with Gasteiger partial charge in [0, 0.05) is 36.8 Å². The Morgan fingerprint density at radius 1 is 1.33 bits per heavy atom. The van der Waals surface area contributed by atoms with Gasteiger partial charge in [-0.05, 0) is 29.0 Å². The van der Waals surface area contributed by atoms with Gasteiger partial charge in [0.15, 0.2) is 0 Å². The average Bonchev–Trinajstić information content (AvgIpc) is 2.23. The number of piperazine rings is 1. The third-order valence-corrected chi connectivity index (χ3v) is 3.14. The molecule has 1 aliphatic heterocycles. The van der Waals surface area contributed by atoms with E-state index < -0.39 is 0 Å². The van der Waals surface area contributed by atoms with Gasteiger partial charge in [-0.25, -0.2) is 4.98 Å². The standard InChI is InChI=1S/C10H15BrN4/c1-14-2-4-15(5-3-14)9-6-8(11)7-13-10(9)12/h6-7H,2-5H2,1H3,(H2,12,13). The van der Waals surface area contributed by atoms with Gasteiger partial charge in [-0.3, -0.25) is 0 Å². The van der Waals surface area contributed by atoms with Crippen molar-refractivity contribution in [2.45, 2.75) is 0 Å². The van der Waals surface area contributed by atoms with E-state index in [1.165, 1.54) is 0 Å². The third kappa shape index (κ3) is 2.41. The quantitative estimate of drug-likeness (QED) is 0.833. The second kappa shape index (κ2) is 4.37. The molecule has 15 heavy (non-hydrogen) atoms. The smallest absolute Gasteiger partial charge is 0.147 e. The van der Waals surface area contributed by atoms with Crippen molar-refractivity contribution in [1.82, 2.24) is 9.88 Å². The van der Waals surface area contributed by atoms with Crippen LogP contribution in [0.3, 0.4) is 0 Å². The number of hydrogen-bond donors (Lipinski definition) is 1. The summed E-state index contributed by atoms with van der Waals surface area (Å²) >= 11 is 3.42. The summed E-state index contributed by atoms with van der Waals surface area (Å²) in [5, 5.41) is 0. The molecular weight excluding hydrogens is 256 g/mol. The SMILES string of the molecule is CN1CCN(c2cc(Br)cnc2N)CC1. The molecule has 0 unspecified atom stereocenters. The van der Waals surface area contributed by atoms with Gasteiger partial charge in [0.2, 0.25) is 0 Å². The molecule has 0 aliphatic carbocycles. The fourth-order valence-electron chi connectivity index (χ4n) is 1.74. The highest BCUT2D eigenvalue weighted by Gasteiger charge is 2.16. The van der Waals surface area contributed by atoms with E-state index >= 15 is 0 Å². The number of rotatable bonds is 1. The Bertz CT molecular complexity index is 347. The fourth-order valence-corrected chi connectivity index (χ4v) is 2.06. The first-order valence-corrected chi connectivity index (χ1v) is 5.80. The van der Waals surface area contributed by atoms with Gasteiger partial charge in [0.1, 0.15) is 5.82 Å². The summed E-state index contributed by atoms with van der Waals surface area (Å²) in [6.07, 6.45) is 1.73. The molecule has 2 rings (SSSR count). The fraction of sp³-hybridized carbons (Fsp3) is 0.500. The maximum Gasteiger partial charge on any atom is 0.147 e. The maximum atomic E-state index is 5.87. The molecule has 0 aromatic carbocycles. The van der Waals surface area contributed by atoms with E-state index in [4.69, 9.17) is 5.73 Å². The van der Waals surface area contributed by atoms with Crippen LogP contribution in [-0.4, -0.2) is 43.1 Å². The monoisotopic (exact) mass is 270 g/mol. The number of nitrogens with two attached hydrogens (primary N) is 1. The Balaban J connectivity index is 2.18. The number of aromatic nitrogens is 1. The van der Waals surface area contributed by atoms with Crippen LogP contribution >= 0.6 is 15.9 Å². The van der Waals surface area contributed by atoms with Gasteiger partial charge >= 0.3 is 0 Å². The van der Waals surface area contributed by atoms with Gasteiger partial charge in [0.05, 0.1) is 5.69 Å². The average molecular weight is 271 g/mol. The molecule has 0 amide bonds. The molecule has 4 nitrogen and oxygen atoms in total. The van der Waals surface area contributed by atoms with Crippen LogP contribution in [0, 0.1) is 0 Å². The Kier molecular flexibility index (Phi) is 3.11. The topological polar surface area (TPSA) is 45.4 Å². The van der Waals surface area contributed by atoms with E-state index in [-0.39, 0.29) is 0 Å². The van der Waals surface area contributed by atoms with Gasteiger partial charge in [-0.15, -0.1) is 0 Å². The van der Waals surface area contributed by atoms with E-state index in [1.54, 1.807) is 6.20 Å². The van der Waals surface area contributed by atoms with Gasteiger partial charge in [-0.2, -0.15) is 0 Å². The first-order valence-electron chi connectivity index (χ1n) is 5.01. The minimum atomic E-state index is 0.614. The summed E-state index contributed by atoms with van der Waals surface area (Å²) in [4.78, 5) is 8.75. The minimum Gasteiger partial charge on any atom is -0.382 e. The number of nitrogen functional groups attached to an aromatic ring is 1. The van der Waals surface area contributed by atoms with Crippen molar-refractivity contribution in [3.8, 4) is 0 Å². The van der Waals surface area contributed by atoms with Crippen molar-refractivity contribution in [3.63, 3.8) is 0 Å². The number of hydrogen-bond acceptors (Lipinski definition) is 4. The normalized spacial score (nSPS) is 18.1. The van der Waals surface area contributed by atoms with Crippen molar-refractivity contribution in [3.05, 3.63) is 16.7 Å². The molecule has 1 aromatic rings. The molecule has 0 atom stereocenters. The molecule has 82 valence electrons. The molecule has 0 spiro atoms. The van der Waals surface area contributed by atoms with Gasteiger partial charge in [0.25, 0.3) is 0 Å². The largest absolute Gasteiger partial charge is 0.382 e. The number of pyridine rings is 1. The zero-order chi connectivity index (χ0) is 10.8. The summed E-state index contributed by atoms with van der Waals surface area (Å²) in [7, 11) is 2.14. The molecule has 5 heteroatoms. The molecule has 1 aliphatic rings. The lowest BCUT2D eigenvalue weighted by Crippen LogP contribution is -2.44. The van der Waals surface area contributed by atoms with Crippen LogP contribution in [0.25, 0.3) is 0 Å². The molecule has 1 aromatic heterocycles. The Morgan fingerprint density at radius 3 is 2.67 bits per heavy atom. The molecular formula is C10H15BrN4. The van der Waals surface area contributed by atoms with E-state index in [2.05, 4.69) is 37.8 Å². The van der Waals surface area contributed by atoms with Crippen LogP contribution < -0.4 is 10.6 Å². The third-order valence-electron chi connectivity index (χ3n) is 2.71. The van der Waals surface area contributed by atoms with Crippen molar-refractivity contribution >= 4 is 27.4 Å². The molecule has 0 bridgehead atoms. The lowest BCUT2D eigenvalue weighted by molar-refractivity contribution is 0.313. The van der Waals surface area contributed by atoms with Crippen LogP contribution in [0.2, 0.25) is 0 Å². The van der Waals surface area contributed by atoms with Crippen molar-refractivity contribution in [2.75, 3.05) is 43.9 Å². The molecule has 2 heterocycles. The van der Waals surface area contributed by atoms with Gasteiger partial charge in [-0.1, -0.05) is 0 Å². The highest BCUT2D eigenvalue weighted by atomic mass is 79.9. The predicted octanol–water partition coefficient (Wildman–Crippen LogP) is 1.18. The zero-order valence-electron chi connectivity index (χ0n) is 8.78. The minimum absolute atomic E-state index is 0.614. The van der Waals surface area contributed by atoms with Crippen molar-refractivity contribution < 1.29 is 0 Å². The first-order chi connectivity index (χ1) is 7.16. The lowest BCUT2D eigenvalue weighted by Gasteiger charge is -2.34. The Labute approximate surface area is 98.2 Å². The van der Waals surface area contributed by atoms with E-state index in [0.717, 1.165) is 36.3 Å². The number of likely N-dealkylation sites (N-methyl/N-ethyl adjacent to an activating group) is 1. The van der Waals surface area contributed by atoms with Crippen LogP contribution in [0.15, 0.2) is 16.7 Å². The molecule has 0 saturated carbocycles. The van der Waals surface area contributed by atoms with Crippen molar-refractivity contribution in [1.29, 1.82) is 0 Å².